The zero-order valence-electron chi connectivity index (χ0n) is 15.1. The fourth-order valence-electron chi connectivity index (χ4n) is 2.64. The molecule has 1 aromatic carbocycles. The Kier molecular flexibility index (Phi) is 5.13. The number of carbonyl (C=O) groups is 1. The van der Waals surface area contributed by atoms with Crippen molar-refractivity contribution in [3.63, 3.8) is 0 Å². The molecule has 2 N–H and O–H groups in total. The van der Waals surface area contributed by atoms with Crippen molar-refractivity contribution in [1.29, 1.82) is 0 Å². The Hall–Kier alpha value is -2.14. The van der Waals surface area contributed by atoms with Crippen LogP contribution in [0.25, 0.3) is 0 Å². The Morgan fingerprint density at radius 2 is 1.83 bits per heavy atom. The van der Waals surface area contributed by atoms with E-state index < -0.39 is 5.60 Å². The third-order valence-corrected chi connectivity index (χ3v) is 4.39. The van der Waals surface area contributed by atoms with Gasteiger partial charge in [-0.05, 0) is 24.8 Å². The van der Waals surface area contributed by atoms with Gasteiger partial charge in [0.25, 0.3) is 0 Å². The van der Waals surface area contributed by atoms with Crippen molar-refractivity contribution in [3.05, 3.63) is 53.3 Å². The third-order valence-electron chi connectivity index (χ3n) is 4.39. The van der Waals surface area contributed by atoms with Crippen molar-refractivity contribution in [2.24, 2.45) is 7.05 Å². The van der Waals surface area contributed by atoms with E-state index in [1.165, 1.54) is 5.56 Å². The molecule has 24 heavy (non-hydrogen) atoms. The van der Waals surface area contributed by atoms with E-state index in [1.807, 2.05) is 6.92 Å². The summed E-state index contributed by atoms with van der Waals surface area (Å²) >= 11 is 0. The molecule has 1 aromatic heterocycles. The van der Waals surface area contributed by atoms with Crippen LogP contribution in [0.3, 0.4) is 0 Å². The molecular weight excluding hydrogens is 302 g/mol. The van der Waals surface area contributed by atoms with Gasteiger partial charge in [-0.25, -0.2) is 0 Å². The van der Waals surface area contributed by atoms with Crippen LogP contribution in [0, 0.1) is 6.92 Å². The van der Waals surface area contributed by atoms with Gasteiger partial charge in [0.2, 0.25) is 5.91 Å². The molecule has 5 nitrogen and oxygen atoms in total. The number of aliphatic hydroxyl groups is 1. The zero-order chi connectivity index (χ0) is 18.0. The minimum Gasteiger partial charge on any atom is -0.383 e. The maximum atomic E-state index is 12.3. The lowest BCUT2D eigenvalue weighted by atomic mass is 9.81. The Morgan fingerprint density at radius 1 is 1.21 bits per heavy atom. The number of aromatic nitrogens is 2. The maximum Gasteiger partial charge on any atom is 0.220 e. The lowest BCUT2D eigenvalue weighted by molar-refractivity contribution is -0.123. The summed E-state index contributed by atoms with van der Waals surface area (Å²) in [6.07, 6.45) is 3.73. The highest BCUT2D eigenvalue weighted by Crippen LogP contribution is 2.27. The quantitative estimate of drug-likeness (QED) is 0.855. The van der Waals surface area contributed by atoms with Crippen LogP contribution in [-0.2, 0) is 22.9 Å². The molecule has 0 saturated carbocycles. The molecule has 0 spiro atoms. The zero-order valence-corrected chi connectivity index (χ0v) is 15.1. The van der Waals surface area contributed by atoms with Gasteiger partial charge >= 0.3 is 0 Å². The van der Waals surface area contributed by atoms with E-state index in [-0.39, 0.29) is 17.9 Å². The summed E-state index contributed by atoms with van der Waals surface area (Å²) in [5.74, 6) is -0.0789. The first-order chi connectivity index (χ1) is 11.1. The lowest BCUT2D eigenvalue weighted by Gasteiger charge is -2.27. The first-order valence-electron chi connectivity index (χ1n) is 8.15. The van der Waals surface area contributed by atoms with Crippen molar-refractivity contribution >= 4 is 5.91 Å². The van der Waals surface area contributed by atoms with Crippen LogP contribution >= 0.6 is 0 Å². The monoisotopic (exact) mass is 329 g/mol. The van der Waals surface area contributed by atoms with Gasteiger partial charge in [-0.3, -0.25) is 9.48 Å². The number of hydrogen-bond donors (Lipinski definition) is 2. The van der Waals surface area contributed by atoms with Gasteiger partial charge in [0, 0.05) is 25.2 Å². The number of benzene rings is 1. The summed E-state index contributed by atoms with van der Waals surface area (Å²) in [6.45, 7) is 7.98. The predicted molar refractivity (Wildman–Crippen MR) is 94.6 cm³/mol. The molecular formula is C19H27N3O2. The van der Waals surface area contributed by atoms with Gasteiger partial charge in [-0.1, -0.05) is 43.7 Å². The minimum absolute atomic E-state index is 0.0789. The van der Waals surface area contributed by atoms with Gasteiger partial charge in [-0.2, -0.15) is 5.10 Å². The second-order valence-electron chi connectivity index (χ2n) is 7.38. The number of rotatable bonds is 6. The number of nitrogens with one attached hydrogen (secondary N) is 1. The molecule has 1 atom stereocenters. The number of nitrogens with zero attached hydrogens (tertiary/aromatic N) is 2. The van der Waals surface area contributed by atoms with Crippen LogP contribution in [0.5, 0.6) is 0 Å². The van der Waals surface area contributed by atoms with Gasteiger partial charge in [0.1, 0.15) is 5.60 Å². The van der Waals surface area contributed by atoms with E-state index in [0.717, 1.165) is 5.56 Å². The van der Waals surface area contributed by atoms with E-state index in [1.54, 1.807) is 31.0 Å². The van der Waals surface area contributed by atoms with Gasteiger partial charge in [0.15, 0.2) is 0 Å². The molecule has 1 heterocycles. The normalized spacial score (nSPS) is 14.2. The molecule has 0 bridgehead atoms. The minimum atomic E-state index is -1.14. The van der Waals surface area contributed by atoms with Gasteiger partial charge < -0.3 is 10.4 Å². The highest BCUT2D eigenvalue weighted by atomic mass is 16.3. The SMILES string of the molecule is Cc1ccc(C(C)(C)CC(=O)NCC(C)(O)c2cnn(C)c2)cc1. The highest BCUT2D eigenvalue weighted by Gasteiger charge is 2.28. The Bertz CT molecular complexity index is 700. The van der Waals surface area contributed by atoms with Crippen molar-refractivity contribution in [2.75, 3.05) is 6.54 Å². The molecule has 0 aliphatic carbocycles. The van der Waals surface area contributed by atoms with Gasteiger partial charge in [0.05, 0.1) is 12.7 Å². The number of carbonyl (C=O) groups excluding carboxylic acids is 1. The van der Waals surface area contributed by atoms with Crippen LogP contribution in [0.2, 0.25) is 0 Å². The second kappa shape index (κ2) is 6.77. The Morgan fingerprint density at radius 3 is 2.38 bits per heavy atom. The number of hydrogen-bond acceptors (Lipinski definition) is 3. The third kappa shape index (κ3) is 4.45. The van der Waals surface area contributed by atoms with Crippen LogP contribution in [0.1, 0.15) is 43.9 Å². The van der Waals surface area contributed by atoms with Crippen molar-refractivity contribution < 1.29 is 9.90 Å². The van der Waals surface area contributed by atoms with E-state index in [0.29, 0.717) is 12.0 Å². The summed E-state index contributed by atoms with van der Waals surface area (Å²) in [5, 5.41) is 17.4. The standard InChI is InChI=1S/C19H27N3O2/c1-14-6-8-15(9-7-14)18(2,3)10-17(23)20-13-19(4,24)16-11-21-22(5)12-16/h6-9,11-12,24H,10,13H2,1-5H3,(H,20,23). The van der Waals surface area contributed by atoms with E-state index in [9.17, 15) is 9.90 Å². The average Bonchev–Trinajstić information content (AvgIpc) is 2.93. The number of aryl methyl sites for hydroxylation is 2. The molecule has 0 radical (unpaired) electrons. The summed E-state index contributed by atoms with van der Waals surface area (Å²) in [6, 6.07) is 8.24. The largest absolute Gasteiger partial charge is 0.383 e. The molecule has 2 aromatic rings. The molecule has 0 fully saturated rings. The van der Waals surface area contributed by atoms with Crippen LogP contribution in [0.4, 0.5) is 0 Å². The molecule has 5 heteroatoms. The molecule has 0 aliphatic rings. The topological polar surface area (TPSA) is 67.2 Å². The Balaban J connectivity index is 1.96. The van der Waals surface area contributed by atoms with Crippen molar-refractivity contribution in [3.8, 4) is 0 Å². The van der Waals surface area contributed by atoms with Crippen molar-refractivity contribution in [2.45, 2.75) is 45.1 Å². The molecule has 2 rings (SSSR count). The average molecular weight is 329 g/mol. The molecule has 1 unspecified atom stereocenters. The van der Waals surface area contributed by atoms with Crippen LogP contribution in [-0.4, -0.2) is 27.3 Å². The lowest BCUT2D eigenvalue weighted by Crippen LogP contribution is -2.40. The van der Waals surface area contributed by atoms with Crippen LogP contribution < -0.4 is 5.32 Å². The van der Waals surface area contributed by atoms with E-state index in [2.05, 4.69) is 48.5 Å². The summed E-state index contributed by atoms with van der Waals surface area (Å²) < 4.78 is 1.63. The first-order valence-corrected chi connectivity index (χ1v) is 8.15. The highest BCUT2D eigenvalue weighted by molar-refractivity contribution is 5.77. The maximum absolute atomic E-state index is 12.3. The molecule has 0 aliphatic heterocycles. The smallest absolute Gasteiger partial charge is 0.220 e. The van der Waals surface area contributed by atoms with Crippen molar-refractivity contribution in [1.82, 2.24) is 15.1 Å². The molecule has 130 valence electrons. The van der Waals surface area contributed by atoms with E-state index >= 15 is 0 Å². The predicted octanol–water partition coefficient (Wildman–Crippen LogP) is 2.42. The second-order valence-corrected chi connectivity index (χ2v) is 7.38. The van der Waals surface area contributed by atoms with Crippen LogP contribution in [0.15, 0.2) is 36.7 Å². The molecule has 1 amide bonds. The number of amides is 1. The fraction of sp³-hybridized carbons (Fsp3) is 0.474. The summed E-state index contributed by atoms with van der Waals surface area (Å²) in [7, 11) is 1.79. The molecule has 0 saturated heterocycles. The Labute approximate surface area is 143 Å². The fourth-order valence-corrected chi connectivity index (χ4v) is 2.64. The first kappa shape index (κ1) is 18.2. The van der Waals surface area contributed by atoms with E-state index in [4.69, 9.17) is 0 Å². The summed E-state index contributed by atoms with van der Waals surface area (Å²) in [4.78, 5) is 12.3. The van der Waals surface area contributed by atoms with Gasteiger partial charge in [-0.15, -0.1) is 0 Å². The summed E-state index contributed by atoms with van der Waals surface area (Å²) in [5.41, 5.74) is 1.60.